The van der Waals surface area contributed by atoms with Crippen LogP contribution in [-0.4, -0.2) is 16.9 Å². The number of anilines is 1. The first-order chi connectivity index (χ1) is 11.1. The van der Waals surface area contributed by atoms with Gasteiger partial charge in [-0.2, -0.15) is 0 Å². The Balaban J connectivity index is 1.46. The lowest BCUT2D eigenvalue weighted by molar-refractivity contribution is -0.121. The van der Waals surface area contributed by atoms with Crippen LogP contribution >= 0.6 is 0 Å². The fraction of sp³-hybridized carbons (Fsp3) is 0.444. The Morgan fingerprint density at radius 1 is 1.26 bits per heavy atom. The van der Waals surface area contributed by atoms with Gasteiger partial charge in [-0.15, -0.1) is 0 Å². The molecule has 0 spiro atoms. The number of oxazole rings is 1. The van der Waals surface area contributed by atoms with Crippen LogP contribution in [0.4, 0.5) is 5.69 Å². The van der Waals surface area contributed by atoms with Crippen molar-refractivity contribution in [1.82, 2.24) is 4.98 Å². The summed E-state index contributed by atoms with van der Waals surface area (Å²) in [5, 5.41) is 3.02. The fourth-order valence-corrected chi connectivity index (χ4v) is 4.16. The number of aryl methyl sites for hydroxylation is 1. The summed E-state index contributed by atoms with van der Waals surface area (Å²) in [6.45, 7) is 1.82. The van der Waals surface area contributed by atoms with E-state index in [4.69, 9.17) is 10.2 Å². The minimum absolute atomic E-state index is 0.0187. The number of benzene rings is 1. The van der Waals surface area contributed by atoms with Gasteiger partial charge in [0.15, 0.2) is 11.7 Å². The molecule has 1 heterocycles. The van der Waals surface area contributed by atoms with Crippen molar-refractivity contribution in [1.29, 1.82) is 0 Å². The summed E-state index contributed by atoms with van der Waals surface area (Å²) in [6, 6.07) is 7.66. The van der Waals surface area contributed by atoms with Gasteiger partial charge in [-0.3, -0.25) is 4.79 Å². The quantitative estimate of drug-likeness (QED) is 0.913. The second-order valence-electron chi connectivity index (χ2n) is 6.75. The number of aromatic nitrogens is 1. The van der Waals surface area contributed by atoms with Gasteiger partial charge in [-0.05, 0) is 55.4 Å². The van der Waals surface area contributed by atoms with E-state index in [2.05, 4.69) is 10.3 Å². The molecule has 4 unspecified atom stereocenters. The van der Waals surface area contributed by atoms with Crippen LogP contribution in [0.5, 0.6) is 0 Å². The number of amides is 1. The molecular weight excluding hydrogens is 290 g/mol. The van der Waals surface area contributed by atoms with Crippen LogP contribution in [-0.2, 0) is 4.79 Å². The lowest BCUT2D eigenvalue weighted by atomic mass is 9.84. The van der Waals surface area contributed by atoms with Crippen LogP contribution in [0.3, 0.4) is 0 Å². The van der Waals surface area contributed by atoms with E-state index in [9.17, 15) is 4.79 Å². The lowest BCUT2D eigenvalue weighted by Gasteiger charge is -2.27. The largest absolute Gasteiger partial charge is 0.441 e. The van der Waals surface area contributed by atoms with Crippen molar-refractivity contribution in [3.8, 4) is 11.3 Å². The Labute approximate surface area is 135 Å². The normalized spacial score (nSPS) is 29.0. The number of carbonyl (C=O) groups is 1. The molecule has 2 fully saturated rings. The first-order valence-electron chi connectivity index (χ1n) is 8.21. The summed E-state index contributed by atoms with van der Waals surface area (Å²) < 4.78 is 5.50. The smallest absolute Gasteiger partial charge is 0.229 e. The van der Waals surface area contributed by atoms with Crippen molar-refractivity contribution in [2.75, 3.05) is 5.32 Å². The summed E-state index contributed by atoms with van der Waals surface area (Å²) >= 11 is 0. The first-order valence-corrected chi connectivity index (χ1v) is 8.21. The van der Waals surface area contributed by atoms with Gasteiger partial charge < -0.3 is 15.5 Å². The Morgan fingerprint density at radius 3 is 2.61 bits per heavy atom. The van der Waals surface area contributed by atoms with Crippen molar-refractivity contribution in [2.24, 2.45) is 23.5 Å². The molecule has 5 nitrogen and oxygen atoms in total. The molecule has 2 bridgehead atoms. The predicted octanol–water partition coefficient (Wildman–Crippen LogP) is 2.96. The zero-order valence-corrected chi connectivity index (χ0v) is 13.2. The van der Waals surface area contributed by atoms with Crippen LogP contribution in [0, 0.1) is 24.7 Å². The van der Waals surface area contributed by atoms with E-state index in [0.717, 1.165) is 29.9 Å². The van der Waals surface area contributed by atoms with Gasteiger partial charge in [0, 0.05) is 24.2 Å². The Bertz CT molecular complexity index is 720. The highest BCUT2D eigenvalue weighted by Crippen LogP contribution is 2.47. The molecule has 120 valence electrons. The maximum atomic E-state index is 12.6. The molecular formula is C18H21N3O2. The van der Waals surface area contributed by atoms with Crippen LogP contribution in [0.25, 0.3) is 11.3 Å². The number of nitrogens with zero attached hydrogens (tertiary/aromatic N) is 1. The number of hydrogen-bond donors (Lipinski definition) is 2. The van der Waals surface area contributed by atoms with Gasteiger partial charge in [-0.25, -0.2) is 4.98 Å². The summed E-state index contributed by atoms with van der Waals surface area (Å²) in [7, 11) is 0. The van der Waals surface area contributed by atoms with Crippen molar-refractivity contribution in [3.63, 3.8) is 0 Å². The van der Waals surface area contributed by atoms with Crippen molar-refractivity contribution in [3.05, 3.63) is 36.4 Å². The highest BCUT2D eigenvalue weighted by molar-refractivity contribution is 5.93. The highest BCUT2D eigenvalue weighted by atomic mass is 16.4. The second kappa shape index (κ2) is 5.49. The summed E-state index contributed by atoms with van der Waals surface area (Å²) in [4.78, 5) is 16.6. The average molecular weight is 311 g/mol. The van der Waals surface area contributed by atoms with E-state index in [1.165, 1.54) is 6.42 Å². The monoisotopic (exact) mass is 311 g/mol. The predicted molar refractivity (Wildman–Crippen MR) is 87.6 cm³/mol. The molecule has 2 aliphatic rings. The third-order valence-corrected chi connectivity index (χ3v) is 5.34. The van der Waals surface area contributed by atoms with Crippen LogP contribution in [0.2, 0.25) is 0 Å². The summed E-state index contributed by atoms with van der Waals surface area (Å²) in [5.74, 6) is 2.40. The third-order valence-electron chi connectivity index (χ3n) is 5.34. The number of carbonyl (C=O) groups excluding carboxylic acids is 1. The van der Waals surface area contributed by atoms with E-state index in [1.807, 2.05) is 31.2 Å². The molecule has 4 rings (SSSR count). The fourth-order valence-electron chi connectivity index (χ4n) is 4.16. The Hall–Kier alpha value is -2.14. The number of hydrogen-bond acceptors (Lipinski definition) is 4. The van der Waals surface area contributed by atoms with Crippen molar-refractivity contribution < 1.29 is 9.21 Å². The number of fused-ring (bicyclic) bond motifs is 2. The van der Waals surface area contributed by atoms with Crippen LogP contribution < -0.4 is 11.1 Å². The topological polar surface area (TPSA) is 81.2 Å². The van der Waals surface area contributed by atoms with Gasteiger partial charge in [0.25, 0.3) is 0 Å². The maximum Gasteiger partial charge on any atom is 0.229 e. The molecule has 3 N–H and O–H groups in total. The van der Waals surface area contributed by atoms with Gasteiger partial charge in [-0.1, -0.05) is 0 Å². The molecule has 0 aliphatic heterocycles. The van der Waals surface area contributed by atoms with E-state index in [-0.39, 0.29) is 17.9 Å². The minimum atomic E-state index is -0.0367. The van der Waals surface area contributed by atoms with Gasteiger partial charge in [0.2, 0.25) is 5.91 Å². The van der Waals surface area contributed by atoms with E-state index in [1.54, 1.807) is 6.20 Å². The van der Waals surface area contributed by atoms with Crippen molar-refractivity contribution in [2.45, 2.75) is 32.2 Å². The van der Waals surface area contributed by atoms with Gasteiger partial charge in [0.1, 0.15) is 0 Å². The van der Waals surface area contributed by atoms with Crippen LogP contribution in [0.1, 0.15) is 25.2 Å². The van der Waals surface area contributed by atoms with Crippen molar-refractivity contribution >= 4 is 11.6 Å². The molecule has 0 saturated heterocycles. The van der Waals surface area contributed by atoms with E-state index < -0.39 is 0 Å². The minimum Gasteiger partial charge on any atom is -0.441 e. The van der Waals surface area contributed by atoms with E-state index in [0.29, 0.717) is 17.7 Å². The molecule has 0 radical (unpaired) electrons. The molecule has 1 amide bonds. The zero-order valence-electron chi connectivity index (χ0n) is 13.2. The summed E-state index contributed by atoms with van der Waals surface area (Å²) in [6.07, 6.45) is 5.14. The average Bonchev–Trinajstić information content (AvgIpc) is 3.24. The van der Waals surface area contributed by atoms with E-state index >= 15 is 0 Å². The number of nitrogens with one attached hydrogen (secondary N) is 1. The van der Waals surface area contributed by atoms with Crippen LogP contribution in [0.15, 0.2) is 34.9 Å². The number of rotatable bonds is 3. The number of nitrogens with two attached hydrogens (primary N) is 1. The SMILES string of the molecule is Cc1ncc(-c2ccc(NC(=O)C3C4CCC(C4)C3N)cc2)o1. The molecule has 5 heteroatoms. The zero-order chi connectivity index (χ0) is 16.0. The lowest BCUT2D eigenvalue weighted by Crippen LogP contribution is -2.42. The van der Waals surface area contributed by atoms with Gasteiger partial charge >= 0.3 is 0 Å². The Kier molecular flexibility index (Phi) is 3.45. The molecule has 1 aromatic carbocycles. The molecule has 1 aromatic heterocycles. The second-order valence-corrected chi connectivity index (χ2v) is 6.75. The first kappa shape index (κ1) is 14.5. The molecule has 2 aromatic rings. The van der Waals surface area contributed by atoms with Gasteiger partial charge in [0.05, 0.1) is 12.1 Å². The summed E-state index contributed by atoms with van der Waals surface area (Å²) in [5.41, 5.74) is 7.98. The molecule has 4 atom stereocenters. The molecule has 2 aliphatic carbocycles. The standard InChI is InChI=1S/C18H21N3O2/c1-10-20-9-15(23-10)11-4-6-14(7-5-11)21-18(22)16-12-2-3-13(8-12)17(16)19/h4-7,9,12-13,16-17H,2-3,8,19H2,1H3,(H,21,22). The molecule has 23 heavy (non-hydrogen) atoms. The molecule has 2 saturated carbocycles. The Morgan fingerprint density at radius 2 is 2.00 bits per heavy atom. The third kappa shape index (κ3) is 2.55. The maximum absolute atomic E-state index is 12.6. The highest BCUT2D eigenvalue weighted by Gasteiger charge is 2.49.